The Morgan fingerprint density at radius 2 is 1.46 bits per heavy atom. The van der Waals surface area contributed by atoms with Crippen molar-refractivity contribution >= 4 is 0 Å². The number of aryl methyl sites for hydroxylation is 1. The maximum atomic E-state index is 3.39. The second-order valence-corrected chi connectivity index (χ2v) is 3.53. The molecule has 0 aliphatic heterocycles. The predicted octanol–water partition coefficient (Wildman–Crippen LogP) is 3.44. The molecule has 0 amide bonds. The van der Waals surface area contributed by atoms with E-state index < -0.39 is 0 Å². The molecule has 2 aromatic carbocycles. The summed E-state index contributed by atoms with van der Waals surface area (Å²) in [5.41, 5.74) is 6.45. The lowest BCUT2D eigenvalue weighted by Gasteiger charge is -1.96. The van der Waals surface area contributed by atoms with Gasteiger partial charge in [-0.05, 0) is 40.8 Å². The Morgan fingerprint density at radius 1 is 0.923 bits per heavy atom. The molecular formula is C13H9. The van der Waals surface area contributed by atoms with Crippen LogP contribution in [0, 0.1) is 13.0 Å². The first kappa shape index (κ1) is 6.90. The van der Waals surface area contributed by atoms with E-state index in [0.29, 0.717) is 0 Å². The normalized spacial score (nSPS) is 11.5. The van der Waals surface area contributed by atoms with Crippen LogP contribution in [0.25, 0.3) is 22.3 Å². The van der Waals surface area contributed by atoms with E-state index in [1.54, 1.807) is 0 Å². The number of hydrogen-bond donors (Lipinski definition) is 0. The Bertz CT molecular complexity index is 440. The molecule has 0 spiro atoms. The van der Waals surface area contributed by atoms with E-state index in [2.05, 4.69) is 49.4 Å². The molecule has 0 saturated heterocycles. The summed E-state index contributed by atoms with van der Waals surface area (Å²) in [6, 6.07) is 16.3. The molecule has 0 unspecified atom stereocenters. The molecule has 2 aromatic rings. The van der Waals surface area contributed by atoms with Crippen LogP contribution >= 0.6 is 0 Å². The van der Waals surface area contributed by atoms with Gasteiger partial charge in [-0.3, -0.25) is 0 Å². The average molecular weight is 165 g/mol. The van der Waals surface area contributed by atoms with Gasteiger partial charge < -0.3 is 0 Å². The van der Waals surface area contributed by atoms with Gasteiger partial charge in [-0.1, -0.05) is 36.4 Å². The molecule has 0 nitrogen and oxygen atoms in total. The van der Waals surface area contributed by atoms with Crippen LogP contribution in [0.2, 0.25) is 0 Å². The molecule has 1 radical (unpaired) electrons. The molecule has 1 aliphatic rings. The van der Waals surface area contributed by atoms with Crippen molar-refractivity contribution in [3.63, 3.8) is 0 Å². The number of fused-ring (bicyclic) bond motifs is 5. The molecule has 0 atom stereocenters. The molecule has 0 N–H and O–H groups in total. The molecule has 0 heteroatoms. The first-order chi connectivity index (χ1) is 6.34. The van der Waals surface area contributed by atoms with Crippen LogP contribution in [0.1, 0.15) is 5.56 Å². The minimum Gasteiger partial charge on any atom is -0.0616 e. The van der Waals surface area contributed by atoms with Crippen LogP contribution in [0.15, 0.2) is 36.4 Å². The molecule has 0 aromatic heterocycles. The SMILES string of the molecule is Cc1cc2[c]c(c1)-c1ccccc1-2. The van der Waals surface area contributed by atoms with Crippen molar-refractivity contribution in [2.45, 2.75) is 6.92 Å². The highest BCUT2D eigenvalue weighted by Crippen LogP contribution is 2.39. The van der Waals surface area contributed by atoms with Gasteiger partial charge in [0.2, 0.25) is 0 Å². The highest BCUT2D eigenvalue weighted by Gasteiger charge is 2.15. The third-order valence-electron chi connectivity index (χ3n) is 2.52. The molecule has 61 valence electrons. The van der Waals surface area contributed by atoms with Crippen molar-refractivity contribution in [3.05, 3.63) is 48.0 Å². The summed E-state index contributed by atoms with van der Waals surface area (Å²) in [6.07, 6.45) is 0. The van der Waals surface area contributed by atoms with Gasteiger partial charge >= 0.3 is 0 Å². The van der Waals surface area contributed by atoms with E-state index in [0.717, 1.165) is 0 Å². The molecule has 0 fully saturated rings. The van der Waals surface area contributed by atoms with Gasteiger partial charge in [-0.25, -0.2) is 0 Å². The quantitative estimate of drug-likeness (QED) is 0.478. The van der Waals surface area contributed by atoms with Crippen molar-refractivity contribution in [1.29, 1.82) is 0 Å². The predicted molar refractivity (Wildman–Crippen MR) is 54.4 cm³/mol. The fourth-order valence-corrected chi connectivity index (χ4v) is 1.96. The lowest BCUT2D eigenvalue weighted by molar-refractivity contribution is 1.49. The van der Waals surface area contributed by atoms with Crippen LogP contribution in [-0.2, 0) is 0 Å². The summed E-state index contributed by atoms with van der Waals surface area (Å²) < 4.78 is 0. The Kier molecular flexibility index (Phi) is 1.18. The fraction of sp³-hybridized carbons (Fsp3) is 0.0769. The molecular weight excluding hydrogens is 156 g/mol. The summed E-state index contributed by atoms with van der Waals surface area (Å²) >= 11 is 0. The minimum atomic E-state index is 1.24. The lowest BCUT2D eigenvalue weighted by Crippen LogP contribution is -1.70. The van der Waals surface area contributed by atoms with Gasteiger partial charge in [0.15, 0.2) is 0 Å². The zero-order valence-electron chi connectivity index (χ0n) is 7.46. The van der Waals surface area contributed by atoms with Crippen LogP contribution < -0.4 is 0 Å². The highest BCUT2D eigenvalue weighted by atomic mass is 14.2. The largest absolute Gasteiger partial charge is 0.0616 e. The summed E-state index contributed by atoms with van der Waals surface area (Å²) in [7, 11) is 0. The molecule has 1 aliphatic carbocycles. The zero-order chi connectivity index (χ0) is 8.84. The van der Waals surface area contributed by atoms with Crippen molar-refractivity contribution in [2.24, 2.45) is 0 Å². The Labute approximate surface area is 77.8 Å². The maximum absolute atomic E-state index is 3.39. The topological polar surface area (TPSA) is 0 Å². The second-order valence-electron chi connectivity index (χ2n) is 3.53. The lowest BCUT2D eigenvalue weighted by atomic mass is 10.1. The second kappa shape index (κ2) is 2.23. The third-order valence-corrected chi connectivity index (χ3v) is 2.52. The first-order valence-electron chi connectivity index (χ1n) is 4.48. The Hall–Kier alpha value is -1.56. The Balaban J connectivity index is 2.43. The van der Waals surface area contributed by atoms with E-state index in [9.17, 15) is 0 Å². The monoisotopic (exact) mass is 165 g/mol. The van der Waals surface area contributed by atoms with Crippen molar-refractivity contribution in [2.75, 3.05) is 0 Å². The Morgan fingerprint density at radius 3 is 2.00 bits per heavy atom. The van der Waals surface area contributed by atoms with Crippen molar-refractivity contribution in [3.8, 4) is 22.3 Å². The standard InChI is InChI=1S/C13H9/c1-9-6-10-8-11(7-9)13-5-3-2-4-12(10)13/h2-7H,1H3. The molecule has 0 heterocycles. The van der Waals surface area contributed by atoms with Gasteiger partial charge in [-0.2, -0.15) is 0 Å². The molecule has 3 rings (SSSR count). The highest BCUT2D eigenvalue weighted by molar-refractivity contribution is 5.91. The minimum absolute atomic E-state index is 1.24. The van der Waals surface area contributed by atoms with Gasteiger partial charge in [-0.15, -0.1) is 0 Å². The van der Waals surface area contributed by atoms with Crippen LogP contribution in [-0.4, -0.2) is 0 Å². The van der Waals surface area contributed by atoms with E-state index in [1.165, 1.54) is 27.8 Å². The number of benzene rings is 2. The van der Waals surface area contributed by atoms with Gasteiger partial charge in [0.25, 0.3) is 0 Å². The maximum Gasteiger partial charge on any atom is -0.00137 e. The number of hydrogen-bond acceptors (Lipinski definition) is 0. The molecule has 0 saturated carbocycles. The smallest absolute Gasteiger partial charge is 0.00137 e. The van der Waals surface area contributed by atoms with Gasteiger partial charge in [0, 0.05) is 0 Å². The van der Waals surface area contributed by atoms with Crippen LogP contribution in [0.5, 0.6) is 0 Å². The fourth-order valence-electron chi connectivity index (χ4n) is 1.96. The van der Waals surface area contributed by atoms with E-state index in [4.69, 9.17) is 0 Å². The van der Waals surface area contributed by atoms with E-state index in [-0.39, 0.29) is 0 Å². The molecule has 2 bridgehead atoms. The number of rotatable bonds is 0. The summed E-state index contributed by atoms with van der Waals surface area (Å²) in [5, 5.41) is 0. The third kappa shape index (κ3) is 0.858. The van der Waals surface area contributed by atoms with Gasteiger partial charge in [0.1, 0.15) is 0 Å². The summed E-state index contributed by atoms with van der Waals surface area (Å²) in [6.45, 7) is 2.13. The molecule has 13 heavy (non-hydrogen) atoms. The zero-order valence-corrected chi connectivity index (χ0v) is 7.46. The van der Waals surface area contributed by atoms with E-state index in [1.807, 2.05) is 0 Å². The average Bonchev–Trinajstić information content (AvgIpc) is 2.41. The summed E-state index contributed by atoms with van der Waals surface area (Å²) in [4.78, 5) is 0. The van der Waals surface area contributed by atoms with Crippen LogP contribution in [0.3, 0.4) is 0 Å². The van der Waals surface area contributed by atoms with Crippen molar-refractivity contribution < 1.29 is 0 Å². The summed E-state index contributed by atoms with van der Waals surface area (Å²) in [5.74, 6) is 0. The van der Waals surface area contributed by atoms with Crippen molar-refractivity contribution in [1.82, 2.24) is 0 Å². The first-order valence-corrected chi connectivity index (χ1v) is 4.48. The van der Waals surface area contributed by atoms with Gasteiger partial charge in [0.05, 0.1) is 0 Å². The van der Waals surface area contributed by atoms with Crippen LogP contribution in [0.4, 0.5) is 0 Å². The van der Waals surface area contributed by atoms with E-state index >= 15 is 0 Å².